The number of unbranched alkanes of at least 4 members (excludes halogenated alkanes) is 1. The van der Waals surface area contributed by atoms with Gasteiger partial charge in [-0.25, -0.2) is 4.79 Å². The minimum atomic E-state index is -0.363. The molecule has 2 aliphatic rings. The van der Waals surface area contributed by atoms with E-state index in [1.807, 2.05) is 11.8 Å². The molecule has 2 amide bonds. The summed E-state index contributed by atoms with van der Waals surface area (Å²) in [4.78, 5) is 26.1. The van der Waals surface area contributed by atoms with Crippen LogP contribution >= 0.6 is 11.8 Å². The number of thioether (sulfide) groups is 1. The molecule has 2 fully saturated rings. The number of nitrogens with two attached hydrogens (primary N) is 1. The molecule has 2 rings (SSSR count). The molecule has 0 aromatic rings. The van der Waals surface area contributed by atoms with E-state index in [2.05, 4.69) is 15.5 Å². The van der Waals surface area contributed by atoms with Crippen molar-refractivity contribution in [2.45, 2.75) is 43.0 Å². The number of hydrogen-bond acceptors (Lipinski definition) is 5. The number of carbonyl (C=O) groups excluding carboxylic acids is 2. The fourth-order valence-electron chi connectivity index (χ4n) is 2.32. The number of hydrogen-bond donors (Lipinski definition) is 3. The summed E-state index contributed by atoms with van der Waals surface area (Å²) in [5.74, 6) is 5.36. The molecule has 0 spiro atoms. The molecule has 0 saturated carbocycles. The fraction of sp³-hybridized carbons (Fsp3) is 0.800. The highest BCUT2D eigenvalue weighted by Crippen LogP contribution is 2.33. The Bertz CT molecular complexity index is 313. The second kappa shape index (κ2) is 5.59. The van der Waals surface area contributed by atoms with Gasteiger partial charge < -0.3 is 15.5 Å². The van der Waals surface area contributed by atoms with Gasteiger partial charge in [0.15, 0.2) is 0 Å². The summed E-state index contributed by atoms with van der Waals surface area (Å²) < 4.78 is 0. The van der Waals surface area contributed by atoms with Gasteiger partial charge in [0.1, 0.15) is 0 Å². The van der Waals surface area contributed by atoms with Gasteiger partial charge in [0, 0.05) is 17.4 Å². The molecule has 0 aromatic heterocycles. The molecular weight excluding hydrogens is 242 g/mol. The van der Waals surface area contributed by atoms with E-state index in [9.17, 15) is 9.59 Å². The lowest BCUT2D eigenvalue weighted by molar-refractivity contribution is -0.144. The van der Waals surface area contributed by atoms with Crippen LogP contribution in [0.15, 0.2) is 0 Å². The van der Waals surface area contributed by atoms with Crippen LogP contribution in [-0.4, -0.2) is 35.1 Å². The average Bonchev–Trinajstić information content (AvgIpc) is 2.84. The molecule has 2 heterocycles. The molecular formula is C10H17N3O3S. The Labute approximate surface area is 104 Å². The Kier molecular flexibility index (Phi) is 4.11. The Hall–Kier alpha value is -0.950. The maximum atomic E-state index is 11.2. The average molecular weight is 259 g/mol. The quantitative estimate of drug-likeness (QED) is 0.371. The second-order valence-electron chi connectivity index (χ2n) is 4.36. The largest absolute Gasteiger partial charge is 0.373 e. The zero-order valence-electron chi connectivity index (χ0n) is 9.48. The minimum Gasteiger partial charge on any atom is -0.373 e. The van der Waals surface area contributed by atoms with Gasteiger partial charge in [-0.3, -0.25) is 4.79 Å². The molecule has 0 aromatic carbocycles. The van der Waals surface area contributed by atoms with Crippen molar-refractivity contribution in [2.24, 2.45) is 5.90 Å². The zero-order chi connectivity index (χ0) is 12.3. The summed E-state index contributed by atoms with van der Waals surface area (Å²) >= 11 is 1.88. The van der Waals surface area contributed by atoms with Crippen molar-refractivity contribution >= 4 is 23.8 Å². The number of fused-ring (bicyclic) bond motifs is 1. The van der Waals surface area contributed by atoms with Crippen LogP contribution < -0.4 is 16.5 Å². The summed E-state index contributed by atoms with van der Waals surface area (Å²) in [7, 11) is 0. The summed E-state index contributed by atoms with van der Waals surface area (Å²) in [5, 5.41) is 6.30. The molecule has 2 aliphatic heterocycles. The Morgan fingerprint density at radius 2 is 2.29 bits per heavy atom. The lowest BCUT2D eigenvalue weighted by atomic mass is 10.0. The predicted octanol–water partition coefficient (Wildman–Crippen LogP) is 0.129. The first kappa shape index (κ1) is 12.5. The molecule has 3 atom stereocenters. The molecule has 0 bridgehead atoms. The van der Waals surface area contributed by atoms with Crippen LogP contribution in [-0.2, 0) is 9.63 Å². The molecule has 1 unspecified atom stereocenters. The molecule has 2 saturated heterocycles. The smallest absolute Gasteiger partial charge is 0.324 e. The van der Waals surface area contributed by atoms with Crippen LogP contribution in [0.25, 0.3) is 0 Å². The van der Waals surface area contributed by atoms with E-state index in [0.29, 0.717) is 11.7 Å². The van der Waals surface area contributed by atoms with E-state index in [4.69, 9.17) is 5.90 Å². The van der Waals surface area contributed by atoms with Gasteiger partial charge in [-0.05, 0) is 12.8 Å². The van der Waals surface area contributed by atoms with E-state index in [1.54, 1.807) is 0 Å². The fourth-order valence-corrected chi connectivity index (χ4v) is 3.86. The second-order valence-corrected chi connectivity index (χ2v) is 5.63. The summed E-state index contributed by atoms with van der Waals surface area (Å²) in [6.45, 7) is 0. The Morgan fingerprint density at radius 3 is 3.06 bits per heavy atom. The number of nitrogens with one attached hydrogen (secondary N) is 2. The zero-order valence-corrected chi connectivity index (χ0v) is 10.3. The Morgan fingerprint density at radius 1 is 1.47 bits per heavy atom. The van der Waals surface area contributed by atoms with Gasteiger partial charge in [0.2, 0.25) is 0 Å². The van der Waals surface area contributed by atoms with Crippen molar-refractivity contribution < 1.29 is 14.4 Å². The normalized spacial score (nSPS) is 30.6. The van der Waals surface area contributed by atoms with Gasteiger partial charge >= 0.3 is 12.0 Å². The molecule has 0 radical (unpaired) electrons. The van der Waals surface area contributed by atoms with Gasteiger partial charge in [-0.1, -0.05) is 6.42 Å². The molecule has 7 heteroatoms. The van der Waals surface area contributed by atoms with Crippen molar-refractivity contribution in [1.82, 2.24) is 10.6 Å². The van der Waals surface area contributed by atoms with Crippen molar-refractivity contribution in [3.8, 4) is 0 Å². The lowest BCUT2D eigenvalue weighted by Gasteiger charge is -2.16. The van der Waals surface area contributed by atoms with Crippen molar-refractivity contribution in [1.29, 1.82) is 0 Å². The monoisotopic (exact) mass is 259 g/mol. The maximum absolute atomic E-state index is 11.2. The van der Waals surface area contributed by atoms with Crippen LogP contribution in [0.5, 0.6) is 0 Å². The summed E-state index contributed by atoms with van der Waals surface area (Å²) in [6.07, 6.45) is 3.11. The first-order valence-electron chi connectivity index (χ1n) is 5.79. The minimum absolute atomic E-state index is 0.0583. The molecule has 6 nitrogen and oxygen atoms in total. The van der Waals surface area contributed by atoms with Crippen molar-refractivity contribution in [3.05, 3.63) is 0 Å². The number of carbonyl (C=O) groups is 2. The van der Waals surface area contributed by atoms with Crippen LogP contribution in [0.4, 0.5) is 4.79 Å². The molecule has 0 aliphatic carbocycles. The summed E-state index contributed by atoms with van der Waals surface area (Å²) in [5.41, 5.74) is 0. The standard InChI is InChI=1S/C10H17N3O3S/c11-16-8(14)4-2-1-3-7-9-6(5-17-7)12-10(15)13-9/h6-7,9H,1-5,11H2,(H2,12,13,15)/t6?,7-,9+/m1/s1. The molecule has 96 valence electrons. The third-order valence-corrected chi connectivity index (χ3v) is 4.70. The lowest BCUT2D eigenvalue weighted by Crippen LogP contribution is -2.36. The van der Waals surface area contributed by atoms with Crippen molar-refractivity contribution in [2.75, 3.05) is 5.75 Å². The van der Waals surface area contributed by atoms with Crippen LogP contribution in [0.2, 0.25) is 0 Å². The van der Waals surface area contributed by atoms with E-state index >= 15 is 0 Å². The third-order valence-electron chi connectivity index (χ3n) is 3.19. The van der Waals surface area contributed by atoms with Gasteiger partial charge in [0.05, 0.1) is 12.1 Å². The van der Waals surface area contributed by atoms with Crippen molar-refractivity contribution in [3.63, 3.8) is 0 Å². The van der Waals surface area contributed by atoms with Crippen LogP contribution in [0.1, 0.15) is 25.7 Å². The van der Waals surface area contributed by atoms with E-state index in [-0.39, 0.29) is 24.1 Å². The number of urea groups is 1. The van der Waals surface area contributed by atoms with Gasteiger partial charge in [-0.2, -0.15) is 17.7 Å². The number of rotatable bonds is 5. The molecule has 4 N–H and O–H groups in total. The van der Waals surface area contributed by atoms with Crippen LogP contribution in [0, 0.1) is 0 Å². The van der Waals surface area contributed by atoms with Crippen LogP contribution in [0.3, 0.4) is 0 Å². The van der Waals surface area contributed by atoms with Gasteiger partial charge in [-0.15, -0.1) is 0 Å². The topological polar surface area (TPSA) is 93.4 Å². The highest BCUT2D eigenvalue weighted by molar-refractivity contribution is 8.00. The first-order chi connectivity index (χ1) is 8.20. The Balaban J connectivity index is 1.66. The van der Waals surface area contributed by atoms with E-state index < -0.39 is 0 Å². The molecule has 17 heavy (non-hydrogen) atoms. The summed E-state index contributed by atoms with van der Waals surface area (Å²) in [6, 6.07) is 0.456. The van der Waals surface area contributed by atoms with E-state index in [0.717, 1.165) is 25.0 Å². The third kappa shape index (κ3) is 3.04. The maximum Gasteiger partial charge on any atom is 0.324 e. The SMILES string of the molecule is NOC(=O)CCCC[C@H]1SCC2NC(=O)N[C@@H]21. The van der Waals surface area contributed by atoms with E-state index in [1.165, 1.54) is 0 Å². The highest BCUT2D eigenvalue weighted by atomic mass is 32.2. The first-order valence-corrected chi connectivity index (χ1v) is 6.84. The predicted molar refractivity (Wildman–Crippen MR) is 64.2 cm³/mol. The van der Waals surface area contributed by atoms with Gasteiger partial charge in [0.25, 0.3) is 0 Å². The highest BCUT2D eigenvalue weighted by Gasteiger charge is 2.42. The number of amides is 2.